The maximum absolute atomic E-state index is 6.27. The fourth-order valence-corrected chi connectivity index (χ4v) is 2.54. The molecule has 2 aromatic carbocycles. The summed E-state index contributed by atoms with van der Waals surface area (Å²) < 4.78 is 1.98. The SMILES string of the molecule is Clc1ccccc1-c1nnc2cnc3ccccc3n12. The molecule has 96 valence electrons. The second-order valence-corrected chi connectivity index (χ2v) is 4.85. The highest BCUT2D eigenvalue weighted by Crippen LogP contribution is 2.28. The second kappa shape index (κ2) is 4.28. The maximum Gasteiger partial charge on any atom is 0.180 e. The quantitative estimate of drug-likeness (QED) is 0.535. The van der Waals surface area contributed by atoms with Crippen LogP contribution in [0, 0.1) is 0 Å². The van der Waals surface area contributed by atoms with E-state index in [0.29, 0.717) is 10.7 Å². The molecular formula is C15H9ClN4. The van der Waals surface area contributed by atoms with Crippen LogP contribution in [0.15, 0.2) is 54.7 Å². The third-order valence-corrected chi connectivity index (χ3v) is 3.57. The Hall–Kier alpha value is -2.46. The smallest absolute Gasteiger partial charge is 0.180 e. The average molecular weight is 281 g/mol. The highest BCUT2D eigenvalue weighted by molar-refractivity contribution is 6.33. The van der Waals surface area contributed by atoms with Crippen LogP contribution in [-0.2, 0) is 0 Å². The minimum Gasteiger partial charge on any atom is -0.272 e. The summed E-state index contributed by atoms with van der Waals surface area (Å²) >= 11 is 6.27. The maximum atomic E-state index is 6.27. The first-order valence-corrected chi connectivity index (χ1v) is 6.56. The number of benzene rings is 2. The predicted octanol–water partition coefficient (Wildman–Crippen LogP) is 3.60. The summed E-state index contributed by atoms with van der Waals surface area (Å²) in [5.41, 5.74) is 3.43. The van der Waals surface area contributed by atoms with Crippen LogP contribution in [0.5, 0.6) is 0 Å². The lowest BCUT2D eigenvalue weighted by molar-refractivity contribution is 1.12. The third kappa shape index (κ3) is 1.58. The minimum atomic E-state index is 0.655. The molecule has 5 heteroatoms. The molecule has 0 amide bonds. The van der Waals surface area contributed by atoms with Gasteiger partial charge in [0.2, 0.25) is 0 Å². The molecule has 20 heavy (non-hydrogen) atoms. The van der Waals surface area contributed by atoms with E-state index in [1.807, 2.05) is 52.9 Å². The lowest BCUT2D eigenvalue weighted by Crippen LogP contribution is -1.94. The van der Waals surface area contributed by atoms with Crippen molar-refractivity contribution in [1.29, 1.82) is 0 Å². The molecule has 0 radical (unpaired) electrons. The second-order valence-electron chi connectivity index (χ2n) is 4.44. The molecule has 0 atom stereocenters. The summed E-state index contributed by atoms with van der Waals surface area (Å²) in [6.07, 6.45) is 1.72. The molecule has 4 rings (SSSR count). The Bertz CT molecular complexity index is 929. The molecule has 0 fully saturated rings. The van der Waals surface area contributed by atoms with Gasteiger partial charge in [0.15, 0.2) is 11.5 Å². The first kappa shape index (κ1) is 11.4. The number of para-hydroxylation sites is 2. The van der Waals surface area contributed by atoms with Gasteiger partial charge in [-0.3, -0.25) is 9.38 Å². The van der Waals surface area contributed by atoms with Crippen LogP contribution >= 0.6 is 11.6 Å². The molecule has 0 N–H and O–H groups in total. The number of fused-ring (bicyclic) bond motifs is 3. The van der Waals surface area contributed by atoms with Crippen molar-refractivity contribution in [2.75, 3.05) is 0 Å². The van der Waals surface area contributed by atoms with Crippen molar-refractivity contribution in [1.82, 2.24) is 19.6 Å². The molecule has 0 unspecified atom stereocenters. The first-order valence-electron chi connectivity index (χ1n) is 6.18. The van der Waals surface area contributed by atoms with Crippen LogP contribution in [0.25, 0.3) is 28.1 Å². The normalized spacial score (nSPS) is 11.2. The number of aromatic nitrogens is 4. The van der Waals surface area contributed by atoms with Gasteiger partial charge in [-0.25, -0.2) is 0 Å². The van der Waals surface area contributed by atoms with Gasteiger partial charge in [-0.2, -0.15) is 0 Å². The summed E-state index contributed by atoms with van der Waals surface area (Å²) in [7, 11) is 0. The highest BCUT2D eigenvalue weighted by Gasteiger charge is 2.13. The molecule has 0 bridgehead atoms. The largest absolute Gasteiger partial charge is 0.272 e. The van der Waals surface area contributed by atoms with Gasteiger partial charge in [0.1, 0.15) is 0 Å². The summed E-state index contributed by atoms with van der Waals surface area (Å²) in [5.74, 6) is 0.726. The van der Waals surface area contributed by atoms with Gasteiger partial charge in [-0.1, -0.05) is 35.9 Å². The zero-order valence-electron chi connectivity index (χ0n) is 10.4. The number of halogens is 1. The van der Waals surface area contributed by atoms with Crippen molar-refractivity contribution in [2.45, 2.75) is 0 Å². The standard InChI is InChI=1S/C15H9ClN4/c16-11-6-2-1-5-10(11)15-19-18-14-9-17-12-7-3-4-8-13(12)20(14)15/h1-9H. The predicted molar refractivity (Wildman–Crippen MR) is 78.7 cm³/mol. The highest BCUT2D eigenvalue weighted by atomic mass is 35.5. The van der Waals surface area contributed by atoms with E-state index in [1.54, 1.807) is 6.20 Å². The van der Waals surface area contributed by atoms with Gasteiger partial charge < -0.3 is 0 Å². The Balaban J connectivity index is 2.16. The minimum absolute atomic E-state index is 0.655. The number of hydrogen-bond acceptors (Lipinski definition) is 3. The molecular weight excluding hydrogens is 272 g/mol. The van der Waals surface area contributed by atoms with E-state index in [-0.39, 0.29) is 0 Å². The molecule has 0 spiro atoms. The zero-order valence-corrected chi connectivity index (χ0v) is 11.1. The van der Waals surface area contributed by atoms with E-state index in [4.69, 9.17) is 11.6 Å². The molecule has 0 aliphatic rings. The average Bonchev–Trinajstić information content (AvgIpc) is 2.92. The van der Waals surface area contributed by atoms with Crippen LogP contribution < -0.4 is 0 Å². The number of rotatable bonds is 1. The molecule has 0 saturated carbocycles. The van der Waals surface area contributed by atoms with Crippen molar-refractivity contribution < 1.29 is 0 Å². The van der Waals surface area contributed by atoms with Crippen LogP contribution in [0.2, 0.25) is 5.02 Å². The first-order chi connectivity index (χ1) is 9.84. The van der Waals surface area contributed by atoms with E-state index in [2.05, 4.69) is 15.2 Å². The Labute approximate surface area is 119 Å². The molecule has 0 aliphatic carbocycles. The molecule has 0 aliphatic heterocycles. The van der Waals surface area contributed by atoms with E-state index < -0.39 is 0 Å². The number of hydrogen-bond donors (Lipinski definition) is 0. The Morgan fingerprint density at radius 2 is 1.70 bits per heavy atom. The molecule has 4 aromatic rings. The van der Waals surface area contributed by atoms with E-state index in [0.717, 1.165) is 22.4 Å². The van der Waals surface area contributed by atoms with Gasteiger partial charge >= 0.3 is 0 Å². The fourth-order valence-electron chi connectivity index (χ4n) is 2.32. The lowest BCUT2D eigenvalue weighted by atomic mass is 10.2. The van der Waals surface area contributed by atoms with E-state index in [9.17, 15) is 0 Å². The molecule has 2 aromatic heterocycles. The Morgan fingerprint density at radius 3 is 2.60 bits per heavy atom. The van der Waals surface area contributed by atoms with Crippen molar-refractivity contribution in [3.63, 3.8) is 0 Å². The van der Waals surface area contributed by atoms with E-state index in [1.165, 1.54) is 0 Å². The topological polar surface area (TPSA) is 43.1 Å². The van der Waals surface area contributed by atoms with Crippen LogP contribution in [0.4, 0.5) is 0 Å². The van der Waals surface area contributed by atoms with Crippen molar-refractivity contribution in [3.8, 4) is 11.4 Å². The third-order valence-electron chi connectivity index (χ3n) is 3.24. The van der Waals surface area contributed by atoms with Gasteiger partial charge in [-0.15, -0.1) is 10.2 Å². The van der Waals surface area contributed by atoms with Crippen molar-refractivity contribution in [3.05, 3.63) is 59.8 Å². The van der Waals surface area contributed by atoms with Gasteiger partial charge in [0.05, 0.1) is 22.3 Å². The van der Waals surface area contributed by atoms with Crippen molar-refractivity contribution in [2.24, 2.45) is 0 Å². The monoisotopic (exact) mass is 280 g/mol. The van der Waals surface area contributed by atoms with Gasteiger partial charge in [0.25, 0.3) is 0 Å². The van der Waals surface area contributed by atoms with Crippen molar-refractivity contribution >= 4 is 28.3 Å². The van der Waals surface area contributed by atoms with Crippen LogP contribution in [0.1, 0.15) is 0 Å². The van der Waals surface area contributed by atoms with E-state index >= 15 is 0 Å². The van der Waals surface area contributed by atoms with Crippen LogP contribution in [0.3, 0.4) is 0 Å². The van der Waals surface area contributed by atoms with Crippen LogP contribution in [-0.4, -0.2) is 19.6 Å². The Kier molecular flexibility index (Phi) is 2.44. The van der Waals surface area contributed by atoms with Gasteiger partial charge in [0, 0.05) is 5.56 Å². The fraction of sp³-hybridized carbons (Fsp3) is 0. The zero-order chi connectivity index (χ0) is 13.5. The molecule has 0 saturated heterocycles. The Morgan fingerprint density at radius 1 is 0.900 bits per heavy atom. The summed E-state index contributed by atoms with van der Waals surface area (Å²) in [4.78, 5) is 4.38. The summed E-state index contributed by atoms with van der Waals surface area (Å²) in [6, 6.07) is 15.5. The lowest BCUT2D eigenvalue weighted by Gasteiger charge is -2.05. The summed E-state index contributed by atoms with van der Waals surface area (Å²) in [5, 5.41) is 9.10. The molecule has 2 heterocycles. The number of nitrogens with zero attached hydrogens (tertiary/aromatic N) is 4. The summed E-state index contributed by atoms with van der Waals surface area (Å²) in [6.45, 7) is 0. The van der Waals surface area contributed by atoms with Gasteiger partial charge in [-0.05, 0) is 24.3 Å². The molecule has 4 nitrogen and oxygen atoms in total.